The fraction of sp³-hybridized carbons (Fsp3) is 0.727. The largest absolute Gasteiger partial charge is 0.321 e. The number of unbranched alkanes of at least 4 members (excludes halogenated alkanes) is 1. The molecule has 0 aliphatic heterocycles. The lowest BCUT2D eigenvalue weighted by atomic mass is 9.94. The molecule has 0 aliphatic carbocycles. The third-order valence-electron chi connectivity index (χ3n) is 2.46. The summed E-state index contributed by atoms with van der Waals surface area (Å²) in [6, 6.07) is -0.269. The molecule has 0 bridgehead atoms. The summed E-state index contributed by atoms with van der Waals surface area (Å²) < 4.78 is 0. The van der Waals surface area contributed by atoms with Gasteiger partial charge in [-0.2, -0.15) is 0 Å². The molecule has 2 unspecified atom stereocenters. The summed E-state index contributed by atoms with van der Waals surface area (Å²) in [4.78, 5) is 11.5. The van der Waals surface area contributed by atoms with Gasteiger partial charge in [-0.25, -0.2) is 0 Å². The molecular formula is C11H21NO. The molecule has 0 spiro atoms. The number of hydrogen-bond acceptors (Lipinski definition) is 2. The number of carbonyl (C=O) groups excluding carboxylic acids is 1. The second-order valence-corrected chi connectivity index (χ2v) is 3.56. The average Bonchev–Trinajstić information content (AvgIpc) is 2.15. The number of ketones is 1. The lowest BCUT2D eigenvalue weighted by Crippen LogP contribution is -2.36. The lowest BCUT2D eigenvalue weighted by molar-refractivity contribution is -0.121. The van der Waals surface area contributed by atoms with E-state index in [1.807, 2.05) is 13.0 Å². The van der Waals surface area contributed by atoms with Crippen LogP contribution < -0.4 is 5.73 Å². The maximum atomic E-state index is 11.5. The minimum atomic E-state index is -0.269. The van der Waals surface area contributed by atoms with Crippen molar-refractivity contribution >= 4 is 5.78 Å². The molecule has 76 valence electrons. The Morgan fingerprint density at radius 3 is 2.69 bits per heavy atom. The van der Waals surface area contributed by atoms with Gasteiger partial charge in [0, 0.05) is 6.42 Å². The predicted molar refractivity (Wildman–Crippen MR) is 56.5 cm³/mol. The van der Waals surface area contributed by atoms with Gasteiger partial charge < -0.3 is 5.73 Å². The topological polar surface area (TPSA) is 43.1 Å². The second kappa shape index (κ2) is 6.84. The smallest absolute Gasteiger partial charge is 0.149 e. The molecule has 0 saturated carbocycles. The van der Waals surface area contributed by atoms with E-state index < -0.39 is 0 Å². The zero-order valence-electron chi connectivity index (χ0n) is 8.75. The second-order valence-electron chi connectivity index (χ2n) is 3.56. The highest BCUT2D eigenvalue weighted by molar-refractivity contribution is 5.83. The van der Waals surface area contributed by atoms with Gasteiger partial charge in [-0.1, -0.05) is 26.3 Å². The number of nitrogens with two attached hydrogens (primary N) is 1. The van der Waals surface area contributed by atoms with Crippen molar-refractivity contribution in [3.63, 3.8) is 0 Å². The van der Waals surface area contributed by atoms with Gasteiger partial charge in [0.2, 0.25) is 0 Å². The summed E-state index contributed by atoms with van der Waals surface area (Å²) in [5, 5.41) is 0. The Labute approximate surface area is 81.2 Å². The van der Waals surface area contributed by atoms with Crippen LogP contribution >= 0.6 is 0 Å². The summed E-state index contributed by atoms with van der Waals surface area (Å²) in [7, 11) is 0. The van der Waals surface area contributed by atoms with Gasteiger partial charge in [-0.15, -0.1) is 6.58 Å². The maximum Gasteiger partial charge on any atom is 0.149 e. The molecule has 2 nitrogen and oxygen atoms in total. The summed E-state index contributed by atoms with van der Waals surface area (Å²) in [5.74, 6) is 0.493. The van der Waals surface area contributed by atoms with E-state index in [0.29, 0.717) is 12.3 Å². The van der Waals surface area contributed by atoms with E-state index in [4.69, 9.17) is 5.73 Å². The van der Waals surface area contributed by atoms with Crippen molar-refractivity contribution in [3.05, 3.63) is 12.7 Å². The van der Waals surface area contributed by atoms with Crippen LogP contribution in [0.5, 0.6) is 0 Å². The van der Waals surface area contributed by atoms with E-state index in [-0.39, 0.29) is 11.8 Å². The van der Waals surface area contributed by atoms with Gasteiger partial charge in [0.05, 0.1) is 6.04 Å². The first-order valence-corrected chi connectivity index (χ1v) is 5.02. The Morgan fingerprint density at radius 2 is 2.23 bits per heavy atom. The first-order valence-electron chi connectivity index (χ1n) is 5.02. The molecule has 0 aromatic heterocycles. The van der Waals surface area contributed by atoms with Crippen LogP contribution in [0.15, 0.2) is 12.7 Å². The standard InChI is InChI=1S/C11H21NO/c1-4-6-7-8-10(13)11(12)9(3)5-2/h4,9,11H,1,5-8,12H2,2-3H3. The van der Waals surface area contributed by atoms with Crippen LogP contribution in [0.2, 0.25) is 0 Å². The molecule has 0 saturated heterocycles. The van der Waals surface area contributed by atoms with E-state index in [0.717, 1.165) is 19.3 Å². The summed E-state index contributed by atoms with van der Waals surface area (Å²) in [6.07, 6.45) is 5.18. The molecule has 0 radical (unpaired) electrons. The van der Waals surface area contributed by atoms with Crippen molar-refractivity contribution in [1.82, 2.24) is 0 Å². The van der Waals surface area contributed by atoms with Crippen molar-refractivity contribution < 1.29 is 4.79 Å². The molecule has 2 N–H and O–H groups in total. The number of hydrogen-bond donors (Lipinski definition) is 1. The van der Waals surface area contributed by atoms with Crippen molar-refractivity contribution in [2.45, 2.75) is 45.6 Å². The van der Waals surface area contributed by atoms with Crippen molar-refractivity contribution in [3.8, 4) is 0 Å². The Hall–Kier alpha value is -0.630. The average molecular weight is 183 g/mol. The molecule has 2 heteroatoms. The van der Waals surface area contributed by atoms with E-state index in [9.17, 15) is 4.79 Å². The molecule has 0 heterocycles. The number of rotatable bonds is 7. The van der Waals surface area contributed by atoms with E-state index in [2.05, 4.69) is 13.5 Å². The van der Waals surface area contributed by atoms with E-state index >= 15 is 0 Å². The van der Waals surface area contributed by atoms with Crippen LogP contribution in [0.4, 0.5) is 0 Å². The SMILES string of the molecule is C=CCCCC(=O)C(N)C(C)CC. The molecule has 0 aromatic rings. The van der Waals surface area contributed by atoms with Crippen LogP contribution in [-0.2, 0) is 4.79 Å². The van der Waals surface area contributed by atoms with Crippen molar-refractivity contribution in [1.29, 1.82) is 0 Å². The molecule has 0 fully saturated rings. The van der Waals surface area contributed by atoms with Gasteiger partial charge in [-0.05, 0) is 18.8 Å². The Bertz CT molecular complexity index is 165. The molecule has 2 atom stereocenters. The predicted octanol–water partition coefficient (Wildman–Crippen LogP) is 2.29. The quantitative estimate of drug-likeness (QED) is 0.486. The monoisotopic (exact) mass is 183 g/mol. The third kappa shape index (κ3) is 4.83. The summed E-state index contributed by atoms with van der Waals surface area (Å²) in [6.45, 7) is 7.69. The summed E-state index contributed by atoms with van der Waals surface area (Å²) >= 11 is 0. The van der Waals surface area contributed by atoms with Gasteiger partial charge in [0.1, 0.15) is 5.78 Å². The van der Waals surface area contributed by atoms with Gasteiger partial charge in [0.25, 0.3) is 0 Å². The first kappa shape index (κ1) is 12.4. The fourth-order valence-corrected chi connectivity index (χ4v) is 1.16. The highest BCUT2D eigenvalue weighted by Gasteiger charge is 2.18. The molecule has 0 aliphatic rings. The zero-order chi connectivity index (χ0) is 10.3. The number of Topliss-reactive ketones (excluding diaryl/α,β-unsaturated/α-hetero) is 1. The third-order valence-corrected chi connectivity index (χ3v) is 2.46. The van der Waals surface area contributed by atoms with Gasteiger partial charge >= 0.3 is 0 Å². The number of allylic oxidation sites excluding steroid dienone is 1. The van der Waals surface area contributed by atoms with Crippen LogP contribution in [0, 0.1) is 5.92 Å². The highest BCUT2D eigenvalue weighted by atomic mass is 16.1. The normalized spacial score (nSPS) is 15.0. The summed E-state index contributed by atoms with van der Waals surface area (Å²) in [5.41, 5.74) is 5.78. The van der Waals surface area contributed by atoms with Crippen LogP contribution in [-0.4, -0.2) is 11.8 Å². The van der Waals surface area contributed by atoms with Gasteiger partial charge in [-0.3, -0.25) is 4.79 Å². The Morgan fingerprint density at radius 1 is 1.62 bits per heavy atom. The molecular weight excluding hydrogens is 162 g/mol. The zero-order valence-corrected chi connectivity index (χ0v) is 8.75. The van der Waals surface area contributed by atoms with Crippen LogP contribution in [0.25, 0.3) is 0 Å². The van der Waals surface area contributed by atoms with E-state index in [1.54, 1.807) is 0 Å². The minimum absolute atomic E-state index is 0.191. The van der Waals surface area contributed by atoms with Gasteiger partial charge in [0.15, 0.2) is 0 Å². The highest BCUT2D eigenvalue weighted by Crippen LogP contribution is 2.09. The number of carbonyl (C=O) groups is 1. The molecule has 0 rings (SSSR count). The first-order chi connectivity index (χ1) is 6.13. The van der Waals surface area contributed by atoms with Crippen molar-refractivity contribution in [2.75, 3.05) is 0 Å². The Balaban J connectivity index is 3.75. The Kier molecular flexibility index (Phi) is 6.51. The van der Waals surface area contributed by atoms with Crippen LogP contribution in [0.3, 0.4) is 0 Å². The molecule has 0 amide bonds. The lowest BCUT2D eigenvalue weighted by Gasteiger charge is -2.16. The minimum Gasteiger partial charge on any atom is -0.321 e. The molecule has 0 aromatic carbocycles. The fourth-order valence-electron chi connectivity index (χ4n) is 1.16. The molecule has 13 heavy (non-hydrogen) atoms. The van der Waals surface area contributed by atoms with Crippen molar-refractivity contribution in [2.24, 2.45) is 11.7 Å². The van der Waals surface area contributed by atoms with Crippen LogP contribution in [0.1, 0.15) is 39.5 Å². The van der Waals surface area contributed by atoms with E-state index in [1.165, 1.54) is 0 Å². The maximum absolute atomic E-state index is 11.5.